The van der Waals surface area contributed by atoms with E-state index in [4.69, 9.17) is 4.74 Å². The van der Waals surface area contributed by atoms with Crippen molar-refractivity contribution in [1.29, 1.82) is 0 Å². The quantitative estimate of drug-likeness (QED) is 0.295. The molecule has 46 heavy (non-hydrogen) atoms. The molecule has 0 bridgehead atoms. The van der Waals surface area contributed by atoms with Crippen molar-refractivity contribution in [3.63, 3.8) is 0 Å². The van der Waals surface area contributed by atoms with Gasteiger partial charge in [-0.3, -0.25) is 14.7 Å². The monoisotopic (exact) mass is 644 g/mol. The Balaban J connectivity index is 1.39. The van der Waals surface area contributed by atoms with Crippen molar-refractivity contribution < 1.29 is 17.9 Å². The second kappa shape index (κ2) is 12.4. The Labute approximate surface area is 271 Å². The van der Waals surface area contributed by atoms with Crippen LogP contribution in [-0.2, 0) is 34.8 Å². The molecule has 0 radical (unpaired) electrons. The van der Waals surface area contributed by atoms with Crippen LogP contribution < -0.4 is 10.1 Å². The number of fused-ring (bicyclic) bond motifs is 2. The van der Waals surface area contributed by atoms with Crippen molar-refractivity contribution in [2.24, 2.45) is 12.5 Å². The molecule has 1 saturated heterocycles. The van der Waals surface area contributed by atoms with Gasteiger partial charge in [-0.2, -0.15) is 0 Å². The molecule has 2 aromatic heterocycles. The van der Waals surface area contributed by atoms with E-state index in [1.54, 1.807) is 10.9 Å². The van der Waals surface area contributed by atoms with Crippen LogP contribution in [0.1, 0.15) is 72.9 Å². The highest BCUT2D eigenvalue weighted by Crippen LogP contribution is 2.44. The molecule has 0 saturated carbocycles. The van der Waals surface area contributed by atoms with E-state index in [2.05, 4.69) is 63.6 Å². The number of sulfone groups is 1. The number of carbonyl (C=O) groups is 1. The summed E-state index contributed by atoms with van der Waals surface area (Å²) in [4.78, 5) is 20.9. The minimum absolute atomic E-state index is 0.0181. The lowest BCUT2D eigenvalue weighted by atomic mass is 9.69. The first-order valence-corrected chi connectivity index (χ1v) is 17.9. The van der Waals surface area contributed by atoms with Gasteiger partial charge in [0.15, 0.2) is 9.84 Å². The van der Waals surface area contributed by atoms with E-state index >= 15 is 0 Å². The van der Waals surface area contributed by atoms with Gasteiger partial charge in [-0.05, 0) is 66.6 Å². The highest BCUT2D eigenvalue weighted by Gasteiger charge is 2.42. The summed E-state index contributed by atoms with van der Waals surface area (Å²) in [6.45, 7) is 12.5. The van der Waals surface area contributed by atoms with Crippen molar-refractivity contribution in [1.82, 2.24) is 30.2 Å². The second-order valence-electron chi connectivity index (χ2n) is 13.6. The molecule has 1 amide bonds. The summed E-state index contributed by atoms with van der Waals surface area (Å²) in [7, 11) is -1.27. The number of aromatic nitrogens is 4. The molecule has 6 rings (SSSR count). The van der Waals surface area contributed by atoms with Crippen molar-refractivity contribution in [2.45, 2.75) is 78.6 Å². The zero-order chi connectivity index (χ0) is 32.8. The minimum atomic E-state index is -3.14. The normalized spacial score (nSPS) is 20.6. The molecule has 244 valence electrons. The number of nitrogens with one attached hydrogen (secondary N) is 1. The number of ether oxygens (including phenoxy) is 1. The van der Waals surface area contributed by atoms with Crippen LogP contribution >= 0.6 is 0 Å². The Bertz CT molecular complexity index is 1890. The van der Waals surface area contributed by atoms with Gasteiger partial charge in [0, 0.05) is 56.6 Å². The number of hydrogen-bond donors (Lipinski definition) is 1. The van der Waals surface area contributed by atoms with Crippen molar-refractivity contribution in [2.75, 3.05) is 18.1 Å². The Morgan fingerprint density at radius 1 is 1.17 bits per heavy atom. The molecule has 10 nitrogen and oxygen atoms in total. The number of nitrogens with zero attached hydrogens (tertiary/aromatic N) is 5. The minimum Gasteiger partial charge on any atom is -0.489 e. The van der Waals surface area contributed by atoms with Gasteiger partial charge in [-0.15, -0.1) is 5.10 Å². The lowest BCUT2D eigenvalue weighted by molar-refractivity contribution is -0.130. The highest BCUT2D eigenvalue weighted by atomic mass is 32.2. The van der Waals surface area contributed by atoms with Crippen LogP contribution in [0.5, 0.6) is 5.75 Å². The molecule has 11 heteroatoms. The summed E-state index contributed by atoms with van der Waals surface area (Å²) in [5, 5.41) is 11.8. The summed E-state index contributed by atoms with van der Waals surface area (Å²) in [6, 6.07) is 12.2. The van der Waals surface area contributed by atoms with Crippen LogP contribution in [0.25, 0.3) is 11.0 Å². The van der Waals surface area contributed by atoms with Crippen LogP contribution in [-0.4, -0.2) is 69.4 Å². The van der Waals surface area contributed by atoms with Gasteiger partial charge < -0.3 is 10.1 Å². The first-order valence-electron chi connectivity index (χ1n) is 16.1. The van der Waals surface area contributed by atoms with E-state index in [1.807, 2.05) is 46.1 Å². The first-order chi connectivity index (χ1) is 21.9. The largest absolute Gasteiger partial charge is 0.489 e. The Morgan fingerprint density at radius 3 is 2.72 bits per heavy atom. The molecule has 2 aromatic carbocycles. The van der Waals surface area contributed by atoms with E-state index in [0.717, 1.165) is 65.1 Å². The molecule has 2 aliphatic rings. The molecular weight excluding hydrogens is 600 g/mol. The molecule has 0 spiro atoms. The zero-order valence-corrected chi connectivity index (χ0v) is 28.4. The second-order valence-corrected chi connectivity index (χ2v) is 15.8. The molecule has 0 aliphatic carbocycles. The third kappa shape index (κ3) is 6.27. The topological polar surface area (TPSA) is 119 Å². The maximum Gasteiger partial charge on any atom is 0.226 e. The zero-order valence-electron chi connectivity index (χ0n) is 27.6. The van der Waals surface area contributed by atoms with Gasteiger partial charge in [-0.1, -0.05) is 50.3 Å². The fraction of sp³-hybridized carbons (Fsp3) is 0.486. The Hall–Kier alpha value is -3.83. The molecule has 4 heterocycles. The number of amides is 1. The van der Waals surface area contributed by atoms with Crippen molar-refractivity contribution >= 4 is 26.8 Å². The molecule has 3 atom stereocenters. The maximum absolute atomic E-state index is 14.1. The maximum atomic E-state index is 14.1. The lowest BCUT2D eigenvalue weighted by Gasteiger charge is -2.36. The third-order valence-electron chi connectivity index (χ3n) is 9.83. The standard InChI is InChI=1S/C35H44N6O4S/c1-7-28-20-41(19-26-17-36-14-12-31(26)45-28)18-25-16-24(9-8-22(25)2)32(29-10-11-30-33(23(29)3)38-39-40(30)6)35(4,5)34(42)37-27-13-15-46(43,44)21-27/h8-12,14,16-17,27-28,32H,7,13,15,18-21H2,1-6H3,(H,37,42)/t27?,28-,32+/m1/s1. The Kier molecular flexibility index (Phi) is 8.67. The Morgan fingerprint density at radius 2 is 1.98 bits per heavy atom. The van der Waals surface area contributed by atoms with Gasteiger partial charge in [-0.25, -0.2) is 13.1 Å². The van der Waals surface area contributed by atoms with Crippen molar-refractivity contribution in [3.05, 3.63) is 82.2 Å². The number of rotatable bonds is 8. The van der Waals surface area contributed by atoms with Crippen LogP contribution in [0.2, 0.25) is 0 Å². The number of aryl methyl sites for hydroxylation is 3. The fourth-order valence-electron chi connectivity index (χ4n) is 7.03. The summed E-state index contributed by atoms with van der Waals surface area (Å²) in [6.07, 6.45) is 5.07. The van der Waals surface area contributed by atoms with Gasteiger partial charge in [0.25, 0.3) is 0 Å². The lowest BCUT2D eigenvalue weighted by Crippen LogP contribution is -2.46. The summed E-state index contributed by atoms with van der Waals surface area (Å²) >= 11 is 0. The fourth-order valence-corrected chi connectivity index (χ4v) is 8.70. The first kappa shape index (κ1) is 32.1. The van der Waals surface area contributed by atoms with E-state index in [-0.39, 0.29) is 35.5 Å². The van der Waals surface area contributed by atoms with Gasteiger partial charge >= 0.3 is 0 Å². The summed E-state index contributed by atoms with van der Waals surface area (Å²) in [5.41, 5.74) is 7.22. The third-order valence-corrected chi connectivity index (χ3v) is 11.6. The van der Waals surface area contributed by atoms with Gasteiger partial charge in [0.2, 0.25) is 5.91 Å². The predicted molar refractivity (Wildman–Crippen MR) is 178 cm³/mol. The molecule has 1 fully saturated rings. The van der Waals surface area contributed by atoms with Crippen molar-refractivity contribution in [3.8, 4) is 5.75 Å². The molecular formula is C35H44N6O4S. The smallest absolute Gasteiger partial charge is 0.226 e. The summed E-state index contributed by atoms with van der Waals surface area (Å²) < 4.78 is 32.5. The van der Waals surface area contributed by atoms with E-state index in [1.165, 1.54) is 11.1 Å². The average molecular weight is 645 g/mol. The molecule has 1 unspecified atom stereocenters. The molecule has 2 aliphatic heterocycles. The van der Waals surface area contributed by atoms with Crippen LogP contribution in [0.4, 0.5) is 0 Å². The SMILES string of the molecule is CC[C@@H]1CN(Cc2cc([C@@H](c3ccc4c(nnn4C)c3C)C(C)(C)C(=O)NC3CCS(=O)(=O)C3)ccc2C)Cc2cnccc2O1. The number of hydrogen-bond acceptors (Lipinski definition) is 8. The van der Waals surface area contributed by atoms with E-state index < -0.39 is 15.3 Å². The number of pyridine rings is 1. The van der Waals surface area contributed by atoms with E-state index in [9.17, 15) is 13.2 Å². The highest BCUT2D eigenvalue weighted by molar-refractivity contribution is 7.91. The van der Waals surface area contributed by atoms with Crippen LogP contribution in [0.15, 0.2) is 48.8 Å². The van der Waals surface area contributed by atoms with Crippen LogP contribution in [0, 0.1) is 19.3 Å². The van der Waals surface area contributed by atoms with Gasteiger partial charge in [0.05, 0.1) is 22.4 Å². The molecule has 1 N–H and O–H groups in total. The van der Waals surface area contributed by atoms with E-state index in [0.29, 0.717) is 6.42 Å². The average Bonchev–Trinajstić information content (AvgIpc) is 3.50. The molecule has 4 aromatic rings. The summed E-state index contributed by atoms with van der Waals surface area (Å²) in [5.74, 6) is 0.479. The van der Waals surface area contributed by atoms with Gasteiger partial charge in [0.1, 0.15) is 17.4 Å². The van der Waals surface area contributed by atoms with Crippen LogP contribution in [0.3, 0.4) is 0 Å². The number of benzene rings is 2. The predicted octanol–water partition coefficient (Wildman–Crippen LogP) is 4.61. The number of carbonyl (C=O) groups excluding carboxylic acids is 1.